The molecule has 25 heavy (non-hydrogen) atoms. The Balaban J connectivity index is 1.83. The summed E-state index contributed by atoms with van der Waals surface area (Å²) in [5.74, 6) is 0.597. The molecule has 2 N–H and O–H groups in total. The molecule has 0 fully saturated rings. The van der Waals surface area contributed by atoms with Gasteiger partial charge in [0.25, 0.3) is 5.91 Å². The summed E-state index contributed by atoms with van der Waals surface area (Å²) in [5, 5.41) is 6.96. The number of para-hydroxylation sites is 1. The van der Waals surface area contributed by atoms with Crippen LogP contribution in [0.15, 0.2) is 54.6 Å². The maximum absolute atomic E-state index is 12.5. The third-order valence-corrected chi connectivity index (χ3v) is 3.85. The molecule has 0 radical (unpaired) electrons. The van der Waals surface area contributed by atoms with Crippen LogP contribution >= 0.6 is 23.2 Å². The number of carbonyl (C=O) groups excluding carboxylic acids is 1. The van der Waals surface area contributed by atoms with Crippen molar-refractivity contribution in [3.63, 3.8) is 0 Å². The van der Waals surface area contributed by atoms with Crippen molar-refractivity contribution < 1.29 is 4.79 Å². The van der Waals surface area contributed by atoms with Crippen molar-refractivity contribution >= 4 is 46.3 Å². The van der Waals surface area contributed by atoms with Gasteiger partial charge in [0.1, 0.15) is 17.3 Å². The van der Waals surface area contributed by atoms with Crippen LogP contribution in [-0.2, 0) is 0 Å². The first kappa shape index (κ1) is 17.2. The number of hydrogen-bond acceptors (Lipinski definition) is 4. The van der Waals surface area contributed by atoms with E-state index in [1.165, 1.54) is 0 Å². The first-order valence-electron chi connectivity index (χ1n) is 7.45. The largest absolute Gasteiger partial charge is 0.339 e. The number of hydrogen-bond donors (Lipinski definition) is 2. The van der Waals surface area contributed by atoms with Crippen molar-refractivity contribution in [3.8, 4) is 0 Å². The van der Waals surface area contributed by atoms with Crippen LogP contribution in [0.1, 0.15) is 16.3 Å². The van der Waals surface area contributed by atoms with E-state index in [4.69, 9.17) is 23.2 Å². The van der Waals surface area contributed by atoms with Crippen LogP contribution in [0.3, 0.4) is 0 Å². The lowest BCUT2D eigenvalue weighted by Gasteiger charge is -2.10. The highest BCUT2D eigenvalue weighted by Crippen LogP contribution is 2.24. The lowest BCUT2D eigenvalue weighted by Crippen LogP contribution is -2.15. The van der Waals surface area contributed by atoms with E-state index in [1.807, 2.05) is 18.2 Å². The normalized spacial score (nSPS) is 10.4. The van der Waals surface area contributed by atoms with E-state index in [1.54, 1.807) is 43.3 Å². The third kappa shape index (κ3) is 4.47. The fourth-order valence-corrected chi connectivity index (χ4v) is 2.58. The Hall–Kier alpha value is -2.63. The van der Waals surface area contributed by atoms with E-state index in [9.17, 15) is 4.79 Å². The van der Waals surface area contributed by atoms with Gasteiger partial charge < -0.3 is 10.6 Å². The number of aryl methyl sites for hydroxylation is 1. The Morgan fingerprint density at radius 2 is 1.80 bits per heavy atom. The van der Waals surface area contributed by atoms with Gasteiger partial charge >= 0.3 is 0 Å². The second kappa shape index (κ2) is 7.51. The van der Waals surface area contributed by atoms with Crippen molar-refractivity contribution in [2.24, 2.45) is 0 Å². The molecule has 3 aromatic rings. The molecule has 7 heteroatoms. The Morgan fingerprint density at radius 3 is 2.56 bits per heavy atom. The van der Waals surface area contributed by atoms with Gasteiger partial charge in [-0.05, 0) is 37.3 Å². The fraction of sp³-hybridized carbons (Fsp3) is 0.0556. The fourth-order valence-electron chi connectivity index (χ4n) is 2.21. The van der Waals surface area contributed by atoms with Crippen molar-refractivity contribution in [3.05, 3.63) is 76.2 Å². The number of aromatic nitrogens is 2. The molecule has 2 aromatic carbocycles. The predicted octanol–water partition coefficient (Wildman–Crippen LogP) is 5.09. The van der Waals surface area contributed by atoms with Crippen LogP contribution < -0.4 is 10.6 Å². The van der Waals surface area contributed by atoms with Crippen LogP contribution in [0.2, 0.25) is 10.0 Å². The van der Waals surface area contributed by atoms with Crippen LogP contribution in [0, 0.1) is 6.92 Å². The van der Waals surface area contributed by atoms with E-state index in [0.717, 1.165) is 0 Å². The molecule has 0 unspecified atom stereocenters. The lowest BCUT2D eigenvalue weighted by atomic mass is 10.3. The third-order valence-electron chi connectivity index (χ3n) is 3.29. The Morgan fingerprint density at radius 1 is 1.00 bits per heavy atom. The smallest absolute Gasteiger partial charge is 0.274 e. The number of amides is 1. The van der Waals surface area contributed by atoms with Gasteiger partial charge in [0, 0.05) is 16.8 Å². The molecule has 0 atom stereocenters. The highest BCUT2D eigenvalue weighted by atomic mass is 35.5. The molecule has 3 rings (SSSR count). The van der Waals surface area contributed by atoms with Gasteiger partial charge in [-0.3, -0.25) is 4.79 Å². The molecule has 0 spiro atoms. The van der Waals surface area contributed by atoms with Crippen molar-refractivity contribution in [2.45, 2.75) is 6.92 Å². The van der Waals surface area contributed by atoms with E-state index < -0.39 is 0 Å². The van der Waals surface area contributed by atoms with Gasteiger partial charge in [0.2, 0.25) is 0 Å². The Bertz CT molecular complexity index is 930. The van der Waals surface area contributed by atoms with Gasteiger partial charge in [-0.15, -0.1) is 0 Å². The van der Waals surface area contributed by atoms with Crippen molar-refractivity contribution in [1.29, 1.82) is 0 Å². The van der Waals surface area contributed by atoms with Crippen LogP contribution in [0.5, 0.6) is 0 Å². The standard InChI is InChI=1S/C18H14Cl2N4O/c1-11-21-16(18(25)23-13-6-4-5-12(19)9-13)10-17(22-11)24-15-8-3-2-7-14(15)20/h2-10H,1H3,(H,23,25)(H,21,22,24). The summed E-state index contributed by atoms with van der Waals surface area (Å²) in [6.45, 7) is 1.72. The highest BCUT2D eigenvalue weighted by molar-refractivity contribution is 6.33. The number of carbonyl (C=O) groups is 1. The molecular formula is C18H14Cl2N4O. The highest BCUT2D eigenvalue weighted by Gasteiger charge is 2.12. The maximum atomic E-state index is 12.5. The summed E-state index contributed by atoms with van der Waals surface area (Å²) in [6.07, 6.45) is 0. The van der Waals surface area contributed by atoms with E-state index in [2.05, 4.69) is 20.6 Å². The van der Waals surface area contributed by atoms with Crippen molar-refractivity contribution in [1.82, 2.24) is 9.97 Å². The van der Waals surface area contributed by atoms with Crippen LogP contribution in [-0.4, -0.2) is 15.9 Å². The zero-order valence-corrected chi connectivity index (χ0v) is 14.8. The molecule has 0 saturated heterocycles. The number of nitrogens with zero attached hydrogens (tertiary/aromatic N) is 2. The summed E-state index contributed by atoms with van der Waals surface area (Å²) < 4.78 is 0. The number of benzene rings is 2. The molecule has 1 aromatic heterocycles. The summed E-state index contributed by atoms with van der Waals surface area (Å²) in [7, 11) is 0. The summed E-state index contributed by atoms with van der Waals surface area (Å²) >= 11 is 12.1. The number of rotatable bonds is 4. The summed E-state index contributed by atoms with van der Waals surface area (Å²) in [4.78, 5) is 20.9. The zero-order chi connectivity index (χ0) is 17.8. The first-order chi connectivity index (χ1) is 12.0. The Labute approximate surface area is 155 Å². The minimum atomic E-state index is -0.352. The zero-order valence-electron chi connectivity index (χ0n) is 13.3. The minimum Gasteiger partial charge on any atom is -0.339 e. The van der Waals surface area contributed by atoms with Crippen molar-refractivity contribution in [2.75, 3.05) is 10.6 Å². The second-order valence-corrected chi connectivity index (χ2v) is 6.10. The molecule has 1 amide bonds. The van der Waals surface area contributed by atoms with E-state index >= 15 is 0 Å². The molecule has 1 heterocycles. The first-order valence-corrected chi connectivity index (χ1v) is 8.21. The van der Waals surface area contributed by atoms with E-state index in [0.29, 0.717) is 33.1 Å². The number of nitrogens with one attached hydrogen (secondary N) is 2. The van der Waals surface area contributed by atoms with Gasteiger partial charge in [-0.25, -0.2) is 9.97 Å². The molecular weight excluding hydrogens is 359 g/mol. The van der Waals surface area contributed by atoms with Gasteiger partial charge in [0.05, 0.1) is 10.7 Å². The quantitative estimate of drug-likeness (QED) is 0.669. The maximum Gasteiger partial charge on any atom is 0.274 e. The summed E-state index contributed by atoms with van der Waals surface area (Å²) in [6, 6.07) is 15.8. The predicted molar refractivity (Wildman–Crippen MR) is 101 cm³/mol. The second-order valence-electron chi connectivity index (χ2n) is 5.25. The molecule has 126 valence electrons. The summed E-state index contributed by atoms with van der Waals surface area (Å²) in [5.41, 5.74) is 1.53. The lowest BCUT2D eigenvalue weighted by molar-refractivity contribution is 0.102. The average Bonchev–Trinajstić information content (AvgIpc) is 2.56. The molecule has 5 nitrogen and oxygen atoms in total. The van der Waals surface area contributed by atoms with Crippen LogP contribution in [0.4, 0.5) is 17.2 Å². The van der Waals surface area contributed by atoms with Gasteiger partial charge in [-0.1, -0.05) is 41.4 Å². The molecule has 0 aliphatic carbocycles. The minimum absolute atomic E-state index is 0.238. The number of anilines is 3. The monoisotopic (exact) mass is 372 g/mol. The van der Waals surface area contributed by atoms with Gasteiger partial charge in [-0.2, -0.15) is 0 Å². The molecule has 0 aliphatic rings. The van der Waals surface area contributed by atoms with E-state index in [-0.39, 0.29) is 11.6 Å². The SMILES string of the molecule is Cc1nc(Nc2ccccc2Cl)cc(C(=O)Nc2cccc(Cl)c2)n1. The van der Waals surface area contributed by atoms with Crippen LogP contribution in [0.25, 0.3) is 0 Å². The molecule has 0 aliphatic heterocycles. The topological polar surface area (TPSA) is 66.9 Å². The molecule has 0 saturated carbocycles. The Kier molecular flexibility index (Phi) is 5.16. The molecule has 0 bridgehead atoms. The van der Waals surface area contributed by atoms with Gasteiger partial charge in [0.15, 0.2) is 0 Å². The average molecular weight is 373 g/mol. The number of halogens is 2.